The molecule has 0 spiro atoms. The molecule has 3 rings (SSSR count). The Bertz CT molecular complexity index is 1100. The SMILES string of the molecule is CC(=O)Nc1nc2ccc(-c3cccc(C(C)C)c3S(N)(=O)=O)cn2n1. The monoisotopic (exact) mass is 373 g/mol. The Morgan fingerprint density at radius 1 is 1.23 bits per heavy atom. The van der Waals surface area contributed by atoms with Crippen LogP contribution in [0.4, 0.5) is 5.95 Å². The van der Waals surface area contributed by atoms with E-state index in [0.717, 1.165) is 0 Å². The maximum atomic E-state index is 12.2. The summed E-state index contributed by atoms with van der Waals surface area (Å²) in [7, 11) is -3.92. The van der Waals surface area contributed by atoms with Gasteiger partial charge in [-0.25, -0.2) is 18.1 Å². The van der Waals surface area contributed by atoms with Crippen LogP contribution in [0.5, 0.6) is 0 Å². The first-order chi connectivity index (χ1) is 12.2. The number of fused-ring (bicyclic) bond motifs is 1. The van der Waals surface area contributed by atoms with Gasteiger partial charge < -0.3 is 0 Å². The number of amides is 1. The Morgan fingerprint density at radius 3 is 2.58 bits per heavy atom. The van der Waals surface area contributed by atoms with Crippen LogP contribution in [0.15, 0.2) is 41.4 Å². The van der Waals surface area contributed by atoms with Crippen LogP contribution in [-0.2, 0) is 14.8 Å². The summed E-state index contributed by atoms with van der Waals surface area (Å²) in [6.45, 7) is 5.19. The molecule has 136 valence electrons. The normalized spacial score (nSPS) is 11.9. The molecule has 0 aliphatic heterocycles. The third-order valence-electron chi connectivity index (χ3n) is 3.88. The average Bonchev–Trinajstić information content (AvgIpc) is 2.93. The predicted octanol–water partition coefficient (Wildman–Crippen LogP) is 2.13. The highest BCUT2D eigenvalue weighted by molar-refractivity contribution is 7.89. The number of carbonyl (C=O) groups is 1. The molecule has 2 heterocycles. The van der Waals surface area contributed by atoms with Gasteiger partial charge in [0.05, 0.1) is 4.90 Å². The van der Waals surface area contributed by atoms with Crippen LogP contribution in [0.25, 0.3) is 16.8 Å². The number of carbonyl (C=O) groups excluding carboxylic acids is 1. The van der Waals surface area contributed by atoms with E-state index in [0.29, 0.717) is 22.3 Å². The third-order valence-corrected chi connectivity index (χ3v) is 4.91. The average molecular weight is 373 g/mol. The fourth-order valence-electron chi connectivity index (χ4n) is 2.81. The molecule has 0 saturated heterocycles. The number of sulfonamides is 1. The molecular formula is C17H19N5O3S. The molecule has 0 aliphatic carbocycles. The van der Waals surface area contributed by atoms with Crippen molar-refractivity contribution in [2.24, 2.45) is 5.14 Å². The molecule has 0 radical (unpaired) electrons. The molecule has 0 unspecified atom stereocenters. The summed E-state index contributed by atoms with van der Waals surface area (Å²) in [6, 6.07) is 8.71. The number of benzene rings is 1. The van der Waals surface area contributed by atoms with Crippen molar-refractivity contribution < 1.29 is 13.2 Å². The molecule has 1 amide bonds. The van der Waals surface area contributed by atoms with Gasteiger partial charge in [0.2, 0.25) is 21.9 Å². The second-order valence-corrected chi connectivity index (χ2v) is 7.76. The van der Waals surface area contributed by atoms with Gasteiger partial charge in [0, 0.05) is 24.2 Å². The van der Waals surface area contributed by atoms with Crippen molar-refractivity contribution in [3.63, 3.8) is 0 Å². The molecule has 1 aromatic carbocycles. The van der Waals surface area contributed by atoms with Crippen molar-refractivity contribution in [1.82, 2.24) is 14.6 Å². The van der Waals surface area contributed by atoms with Gasteiger partial charge in [-0.3, -0.25) is 10.1 Å². The number of hydrogen-bond donors (Lipinski definition) is 2. The summed E-state index contributed by atoms with van der Waals surface area (Å²) in [5.41, 5.74) is 2.30. The van der Waals surface area contributed by atoms with Crippen molar-refractivity contribution in [2.45, 2.75) is 31.6 Å². The smallest absolute Gasteiger partial charge is 0.249 e. The third kappa shape index (κ3) is 3.44. The minimum absolute atomic E-state index is 0.00950. The van der Waals surface area contributed by atoms with Gasteiger partial charge in [0.15, 0.2) is 5.65 Å². The molecule has 0 saturated carbocycles. The van der Waals surface area contributed by atoms with Gasteiger partial charge in [0.25, 0.3) is 0 Å². The number of hydrogen-bond acceptors (Lipinski definition) is 5. The fraction of sp³-hybridized carbons (Fsp3) is 0.235. The van der Waals surface area contributed by atoms with Gasteiger partial charge in [0.1, 0.15) is 0 Å². The summed E-state index contributed by atoms with van der Waals surface area (Å²) in [4.78, 5) is 15.4. The predicted molar refractivity (Wildman–Crippen MR) is 98.2 cm³/mol. The first-order valence-corrected chi connectivity index (χ1v) is 9.51. The second kappa shape index (κ2) is 6.50. The van der Waals surface area contributed by atoms with Crippen LogP contribution >= 0.6 is 0 Å². The van der Waals surface area contributed by atoms with E-state index in [-0.39, 0.29) is 22.7 Å². The van der Waals surface area contributed by atoms with E-state index in [1.54, 1.807) is 36.5 Å². The highest BCUT2D eigenvalue weighted by atomic mass is 32.2. The molecule has 9 heteroatoms. The molecule has 3 N–H and O–H groups in total. The Morgan fingerprint density at radius 2 is 1.96 bits per heavy atom. The Kier molecular flexibility index (Phi) is 4.51. The van der Waals surface area contributed by atoms with Gasteiger partial charge in [-0.1, -0.05) is 32.0 Å². The summed E-state index contributed by atoms with van der Waals surface area (Å²) in [6.07, 6.45) is 1.65. The number of pyridine rings is 1. The van der Waals surface area contributed by atoms with Crippen LogP contribution in [0.1, 0.15) is 32.3 Å². The second-order valence-electron chi connectivity index (χ2n) is 6.26. The van der Waals surface area contributed by atoms with Crippen molar-refractivity contribution in [3.05, 3.63) is 42.1 Å². The van der Waals surface area contributed by atoms with E-state index >= 15 is 0 Å². The number of nitrogens with two attached hydrogens (primary N) is 1. The van der Waals surface area contributed by atoms with Crippen molar-refractivity contribution in [3.8, 4) is 11.1 Å². The first kappa shape index (κ1) is 18.0. The maximum absolute atomic E-state index is 12.2. The van der Waals surface area contributed by atoms with Gasteiger partial charge in [-0.05, 0) is 23.6 Å². The summed E-state index contributed by atoms with van der Waals surface area (Å²) in [5.74, 6) is -0.107. The molecule has 26 heavy (non-hydrogen) atoms. The van der Waals surface area contributed by atoms with Crippen LogP contribution < -0.4 is 10.5 Å². The summed E-state index contributed by atoms with van der Waals surface area (Å²) >= 11 is 0. The quantitative estimate of drug-likeness (QED) is 0.726. The number of nitrogens with one attached hydrogen (secondary N) is 1. The van der Waals surface area contributed by atoms with E-state index in [2.05, 4.69) is 15.4 Å². The topological polar surface area (TPSA) is 119 Å². The van der Waals surface area contributed by atoms with Crippen LogP contribution in [0.2, 0.25) is 0 Å². The molecular weight excluding hydrogens is 354 g/mol. The van der Waals surface area contributed by atoms with Crippen molar-refractivity contribution in [2.75, 3.05) is 5.32 Å². The number of nitrogens with zero attached hydrogens (tertiary/aromatic N) is 3. The first-order valence-electron chi connectivity index (χ1n) is 7.97. The van der Waals surface area contributed by atoms with Crippen LogP contribution in [-0.4, -0.2) is 28.9 Å². The molecule has 0 fully saturated rings. The zero-order valence-corrected chi connectivity index (χ0v) is 15.4. The lowest BCUT2D eigenvalue weighted by molar-refractivity contribution is -0.114. The number of primary sulfonamides is 1. The lowest BCUT2D eigenvalue weighted by Crippen LogP contribution is -2.16. The highest BCUT2D eigenvalue weighted by Crippen LogP contribution is 2.33. The number of aromatic nitrogens is 3. The number of anilines is 1. The fourth-order valence-corrected chi connectivity index (χ4v) is 3.93. The molecule has 0 atom stereocenters. The van der Waals surface area contributed by atoms with Crippen LogP contribution in [0.3, 0.4) is 0 Å². The van der Waals surface area contributed by atoms with E-state index < -0.39 is 10.0 Å². The molecule has 2 aromatic heterocycles. The van der Waals surface area contributed by atoms with Crippen LogP contribution in [0, 0.1) is 0 Å². The summed E-state index contributed by atoms with van der Waals surface area (Å²) < 4.78 is 26.0. The van der Waals surface area contributed by atoms with Gasteiger partial charge >= 0.3 is 0 Å². The largest absolute Gasteiger partial charge is 0.293 e. The Hall–Kier alpha value is -2.78. The van der Waals surface area contributed by atoms with E-state index in [1.807, 2.05) is 13.8 Å². The van der Waals surface area contributed by atoms with E-state index in [1.165, 1.54) is 11.4 Å². The minimum atomic E-state index is -3.92. The maximum Gasteiger partial charge on any atom is 0.249 e. The standard InChI is InChI=1S/C17H19N5O3S/c1-10(2)13-5-4-6-14(16(13)26(18,24)25)12-7-8-15-20-17(19-11(3)23)21-22(15)9-12/h4-10H,1-3H3,(H2,18,24,25)(H,19,21,23). The van der Waals surface area contributed by atoms with Gasteiger partial charge in [-0.15, -0.1) is 5.10 Å². The zero-order chi connectivity index (χ0) is 19.1. The lowest BCUT2D eigenvalue weighted by Gasteiger charge is -2.15. The highest BCUT2D eigenvalue weighted by Gasteiger charge is 2.22. The molecule has 0 aliphatic rings. The van der Waals surface area contributed by atoms with E-state index in [9.17, 15) is 13.2 Å². The lowest BCUT2D eigenvalue weighted by atomic mass is 9.98. The zero-order valence-electron chi connectivity index (χ0n) is 14.6. The minimum Gasteiger partial charge on any atom is -0.293 e. The molecule has 8 nitrogen and oxygen atoms in total. The Balaban J connectivity index is 2.20. The molecule has 0 bridgehead atoms. The number of rotatable bonds is 4. The Labute approximate surface area is 151 Å². The van der Waals surface area contributed by atoms with Crippen molar-refractivity contribution >= 4 is 27.5 Å². The molecule has 3 aromatic rings. The van der Waals surface area contributed by atoms with Crippen molar-refractivity contribution in [1.29, 1.82) is 0 Å². The van der Waals surface area contributed by atoms with Gasteiger partial charge in [-0.2, -0.15) is 4.98 Å². The van der Waals surface area contributed by atoms with E-state index in [4.69, 9.17) is 5.14 Å². The summed E-state index contributed by atoms with van der Waals surface area (Å²) in [5, 5.41) is 12.2.